The van der Waals surface area contributed by atoms with E-state index in [1.165, 1.54) is 0 Å². The Bertz CT molecular complexity index is 381. The van der Waals surface area contributed by atoms with Gasteiger partial charge in [-0.2, -0.15) is 0 Å². The topological polar surface area (TPSA) is 71.2 Å². The van der Waals surface area contributed by atoms with Crippen LogP contribution in [0.3, 0.4) is 0 Å². The summed E-state index contributed by atoms with van der Waals surface area (Å²) in [5, 5.41) is 3.32. The Balaban J connectivity index is 2.62. The number of hydrogen-bond donors (Lipinski definition) is 2. The van der Waals surface area contributed by atoms with E-state index in [1.807, 2.05) is 24.0 Å². The first-order valence-corrected chi connectivity index (χ1v) is 6.35. The molecule has 18 heavy (non-hydrogen) atoms. The minimum absolute atomic E-state index is 0.269. The van der Waals surface area contributed by atoms with Crippen molar-refractivity contribution in [2.24, 2.45) is 5.73 Å². The van der Waals surface area contributed by atoms with Gasteiger partial charge in [0, 0.05) is 25.0 Å². The number of amides is 1. The van der Waals surface area contributed by atoms with Crippen molar-refractivity contribution >= 4 is 11.6 Å². The van der Waals surface area contributed by atoms with E-state index in [1.54, 1.807) is 6.20 Å². The van der Waals surface area contributed by atoms with Crippen LogP contribution in [0, 0.1) is 0 Å². The SMILES string of the molecule is CCCNc1ccnc(CN(CC)CC(N)=O)c1. The third-order valence-electron chi connectivity index (χ3n) is 2.61. The zero-order chi connectivity index (χ0) is 13.4. The van der Waals surface area contributed by atoms with E-state index in [0.29, 0.717) is 6.54 Å². The Kier molecular flexibility index (Phi) is 6.14. The Morgan fingerprint density at radius 2 is 2.28 bits per heavy atom. The van der Waals surface area contributed by atoms with Gasteiger partial charge in [-0.05, 0) is 25.1 Å². The molecule has 1 heterocycles. The average molecular weight is 250 g/mol. The Morgan fingerprint density at radius 3 is 2.89 bits per heavy atom. The van der Waals surface area contributed by atoms with Crippen LogP contribution in [0.1, 0.15) is 26.0 Å². The van der Waals surface area contributed by atoms with Crippen LogP contribution in [-0.2, 0) is 11.3 Å². The van der Waals surface area contributed by atoms with Crippen molar-refractivity contribution in [3.8, 4) is 0 Å². The van der Waals surface area contributed by atoms with Gasteiger partial charge in [-0.15, -0.1) is 0 Å². The molecular formula is C13H22N4O. The summed E-state index contributed by atoms with van der Waals surface area (Å²) in [5.41, 5.74) is 7.22. The summed E-state index contributed by atoms with van der Waals surface area (Å²) in [6, 6.07) is 3.96. The van der Waals surface area contributed by atoms with Crippen molar-refractivity contribution in [1.82, 2.24) is 9.88 Å². The van der Waals surface area contributed by atoms with Gasteiger partial charge in [-0.1, -0.05) is 13.8 Å². The van der Waals surface area contributed by atoms with Crippen LogP contribution in [0.15, 0.2) is 18.3 Å². The maximum absolute atomic E-state index is 10.9. The predicted molar refractivity (Wildman–Crippen MR) is 73.2 cm³/mol. The fraction of sp³-hybridized carbons (Fsp3) is 0.538. The molecule has 0 atom stereocenters. The minimum Gasteiger partial charge on any atom is -0.385 e. The number of nitrogens with zero attached hydrogens (tertiary/aromatic N) is 2. The first-order valence-electron chi connectivity index (χ1n) is 6.35. The second-order valence-electron chi connectivity index (χ2n) is 4.23. The van der Waals surface area contributed by atoms with Crippen LogP contribution in [0.25, 0.3) is 0 Å². The number of likely N-dealkylation sites (N-methyl/N-ethyl adjacent to an activating group) is 1. The molecule has 0 spiro atoms. The second-order valence-corrected chi connectivity index (χ2v) is 4.23. The molecule has 0 aromatic carbocycles. The van der Waals surface area contributed by atoms with E-state index < -0.39 is 0 Å². The number of carbonyl (C=O) groups is 1. The van der Waals surface area contributed by atoms with E-state index in [2.05, 4.69) is 17.2 Å². The molecule has 0 aliphatic rings. The molecule has 0 bridgehead atoms. The molecule has 5 heteroatoms. The summed E-state index contributed by atoms with van der Waals surface area (Å²) in [5.74, 6) is -0.308. The number of hydrogen-bond acceptors (Lipinski definition) is 4. The summed E-state index contributed by atoms with van der Waals surface area (Å²) in [6.45, 7) is 6.76. The highest BCUT2D eigenvalue weighted by atomic mass is 16.1. The molecule has 0 saturated heterocycles. The van der Waals surface area contributed by atoms with Gasteiger partial charge in [-0.3, -0.25) is 14.7 Å². The van der Waals surface area contributed by atoms with Gasteiger partial charge in [0.1, 0.15) is 0 Å². The molecule has 0 saturated carbocycles. The normalized spacial score (nSPS) is 10.6. The van der Waals surface area contributed by atoms with Gasteiger partial charge in [0.25, 0.3) is 0 Å². The largest absolute Gasteiger partial charge is 0.385 e. The third kappa shape index (κ3) is 5.14. The van der Waals surface area contributed by atoms with Crippen molar-refractivity contribution in [2.45, 2.75) is 26.8 Å². The maximum atomic E-state index is 10.9. The zero-order valence-corrected chi connectivity index (χ0v) is 11.1. The van der Waals surface area contributed by atoms with Crippen LogP contribution in [-0.4, -0.2) is 35.4 Å². The molecule has 0 fully saturated rings. The highest BCUT2D eigenvalue weighted by Crippen LogP contribution is 2.09. The lowest BCUT2D eigenvalue weighted by atomic mass is 10.3. The van der Waals surface area contributed by atoms with Crippen LogP contribution >= 0.6 is 0 Å². The lowest BCUT2D eigenvalue weighted by Crippen LogP contribution is -2.33. The predicted octanol–water partition coefficient (Wildman–Crippen LogP) is 1.21. The van der Waals surface area contributed by atoms with Crippen molar-refractivity contribution in [3.05, 3.63) is 24.0 Å². The number of anilines is 1. The molecule has 0 aliphatic heterocycles. The number of primary amides is 1. The van der Waals surface area contributed by atoms with Crippen molar-refractivity contribution in [2.75, 3.05) is 25.0 Å². The highest BCUT2D eigenvalue weighted by molar-refractivity contribution is 5.75. The number of aromatic nitrogens is 1. The molecule has 5 nitrogen and oxygen atoms in total. The fourth-order valence-electron chi connectivity index (χ4n) is 1.67. The molecule has 100 valence electrons. The Labute approximate surface area is 108 Å². The lowest BCUT2D eigenvalue weighted by molar-refractivity contribution is -0.119. The lowest BCUT2D eigenvalue weighted by Gasteiger charge is -2.18. The van der Waals surface area contributed by atoms with Gasteiger partial charge in [-0.25, -0.2) is 0 Å². The molecule has 1 amide bonds. The van der Waals surface area contributed by atoms with Crippen molar-refractivity contribution in [1.29, 1.82) is 0 Å². The average Bonchev–Trinajstić information content (AvgIpc) is 2.35. The molecule has 0 radical (unpaired) electrons. The molecular weight excluding hydrogens is 228 g/mol. The van der Waals surface area contributed by atoms with E-state index in [-0.39, 0.29) is 12.5 Å². The summed E-state index contributed by atoms with van der Waals surface area (Å²) in [4.78, 5) is 17.2. The fourth-order valence-corrected chi connectivity index (χ4v) is 1.67. The third-order valence-corrected chi connectivity index (χ3v) is 2.61. The van der Waals surface area contributed by atoms with E-state index in [9.17, 15) is 4.79 Å². The van der Waals surface area contributed by atoms with Gasteiger partial charge < -0.3 is 11.1 Å². The van der Waals surface area contributed by atoms with Crippen LogP contribution in [0.2, 0.25) is 0 Å². The molecule has 1 rings (SSSR count). The minimum atomic E-state index is -0.308. The second kappa shape index (κ2) is 7.66. The molecule has 0 aliphatic carbocycles. The standard InChI is InChI=1S/C13H22N4O/c1-3-6-15-11-5-7-16-12(8-11)9-17(4-2)10-13(14)18/h5,7-8H,3-4,6,9-10H2,1-2H3,(H2,14,18)(H,15,16). The van der Waals surface area contributed by atoms with Gasteiger partial charge in [0.05, 0.1) is 12.2 Å². The van der Waals surface area contributed by atoms with Crippen molar-refractivity contribution < 1.29 is 4.79 Å². The van der Waals surface area contributed by atoms with Crippen molar-refractivity contribution in [3.63, 3.8) is 0 Å². The van der Waals surface area contributed by atoms with E-state index in [0.717, 1.165) is 30.9 Å². The number of pyridine rings is 1. The zero-order valence-electron chi connectivity index (χ0n) is 11.1. The van der Waals surface area contributed by atoms with Crippen LogP contribution in [0.5, 0.6) is 0 Å². The summed E-state index contributed by atoms with van der Waals surface area (Å²) in [7, 11) is 0. The van der Waals surface area contributed by atoms with Gasteiger partial charge >= 0.3 is 0 Å². The summed E-state index contributed by atoms with van der Waals surface area (Å²) < 4.78 is 0. The molecule has 1 aromatic heterocycles. The van der Waals surface area contributed by atoms with Crippen LogP contribution < -0.4 is 11.1 Å². The number of rotatable bonds is 8. The monoisotopic (exact) mass is 250 g/mol. The Hall–Kier alpha value is -1.62. The van der Waals surface area contributed by atoms with Crippen LogP contribution in [0.4, 0.5) is 5.69 Å². The van der Waals surface area contributed by atoms with Gasteiger partial charge in [0.15, 0.2) is 0 Å². The number of nitrogens with two attached hydrogens (primary N) is 1. The number of carbonyl (C=O) groups excluding carboxylic acids is 1. The first kappa shape index (κ1) is 14.4. The Morgan fingerprint density at radius 1 is 1.50 bits per heavy atom. The first-order chi connectivity index (χ1) is 8.65. The van der Waals surface area contributed by atoms with Gasteiger partial charge in [0.2, 0.25) is 5.91 Å². The summed E-state index contributed by atoms with van der Waals surface area (Å²) in [6.07, 6.45) is 2.87. The highest BCUT2D eigenvalue weighted by Gasteiger charge is 2.08. The quantitative estimate of drug-likeness (QED) is 0.727. The van der Waals surface area contributed by atoms with E-state index >= 15 is 0 Å². The molecule has 1 aromatic rings. The molecule has 0 unspecified atom stereocenters. The van der Waals surface area contributed by atoms with E-state index in [4.69, 9.17) is 5.73 Å². The summed E-state index contributed by atoms with van der Waals surface area (Å²) >= 11 is 0. The molecule has 3 N–H and O–H groups in total. The smallest absolute Gasteiger partial charge is 0.231 e. The number of nitrogens with one attached hydrogen (secondary N) is 1. The maximum Gasteiger partial charge on any atom is 0.231 e.